The van der Waals surface area contributed by atoms with Crippen molar-refractivity contribution in [2.75, 3.05) is 6.54 Å². The van der Waals surface area contributed by atoms with Crippen molar-refractivity contribution >= 4 is 15.8 Å². The second kappa shape index (κ2) is 7.37. The van der Waals surface area contributed by atoms with Crippen molar-refractivity contribution in [3.05, 3.63) is 65.2 Å². The predicted molar refractivity (Wildman–Crippen MR) is 86.8 cm³/mol. The number of carbonyl (C=O) groups is 1. The Bertz CT molecular complexity index is 859. The minimum atomic E-state index is -4.44. The van der Waals surface area contributed by atoms with Crippen molar-refractivity contribution < 1.29 is 26.4 Å². The number of sulfonamides is 1. The summed E-state index contributed by atoms with van der Waals surface area (Å²) in [5.41, 5.74) is 0.0000435. The van der Waals surface area contributed by atoms with Crippen LogP contribution in [-0.2, 0) is 22.6 Å². The Hall–Kier alpha value is -2.19. The number of hydrogen-bond acceptors (Lipinski definition) is 3. The quantitative estimate of drug-likeness (QED) is 0.792. The van der Waals surface area contributed by atoms with E-state index in [9.17, 15) is 26.4 Å². The lowest BCUT2D eigenvalue weighted by molar-refractivity contribution is -0.137. The minimum Gasteiger partial charge on any atom is -0.295 e. The van der Waals surface area contributed by atoms with Crippen LogP contribution < -0.4 is 4.72 Å². The molecule has 134 valence electrons. The smallest absolute Gasteiger partial charge is 0.295 e. The van der Waals surface area contributed by atoms with Gasteiger partial charge < -0.3 is 0 Å². The van der Waals surface area contributed by atoms with Gasteiger partial charge in [0, 0.05) is 12.1 Å². The molecule has 0 aromatic heterocycles. The van der Waals surface area contributed by atoms with Crippen LogP contribution in [0.25, 0.3) is 0 Å². The lowest BCUT2D eigenvalue weighted by atomic mass is 10.1. The molecule has 0 saturated heterocycles. The molecular formula is C17H16F3NO3S. The van der Waals surface area contributed by atoms with E-state index in [1.165, 1.54) is 43.3 Å². The van der Waals surface area contributed by atoms with Crippen LogP contribution in [0.1, 0.15) is 28.4 Å². The van der Waals surface area contributed by atoms with Crippen molar-refractivity contribution in [2.45, 2.75) is 24.4 Å². The van der Waals surface area contributed by atoms with E-state index in [0.29, 0.717) is 11.1 Å². The summed E-state index contributed by atoms with van der Waals surface area (Å²) in [5.74, 6) is -0.179. The second-order valence-corrected chi connectivity index (χ2v) is 7.19. The van der Waals surface area contributed by atoms with Crippen molar-refractivity contribution in [2.24, 2.45) is 0 Å². The maximum absolute atomic E-state index is 12.7. The summed E-state index contributed by atoms with van der Waals surface area (Å²) in [6.45, 7) is 1.33. The summed E-state index contributed by atoms with van der Waals surface area (Å²) in [7, 11) is -3.79. The zero-order valence-electron chi connectivity index (χ0n) is 13.3. The van der Waals surface area contributed by atoms with Gasteiger partial charge in [-0.3, -0.25) is 4.79 Å². The van der Waals surface area contributed by atoms with Crippen LogP contribution >= 0.6 is 0 Å². The van der Waals surface area contributed by atoms with Crippen LogP contribution in [0.15, 0.2) is 53.4 Å². The Morgan fingerprint density at radius 2 is 1.72 bits per heavy atom. The molecule has 0 heterocycles. The average Bonchev–Trinajstić information content (AvgIpc) is 2.54. The third kappa shape index (κ3) is 5.14. The molecular weight excluding hydrogens is 355 g/mol. The molecule has 1 N–H and O–H groups in total. The first kappa shape index (κ1) is 19.1. The number of hydrogen-bond donors (Lipinski definition) is 1. The van der Waals surface area contributed by atoms with Crippen LogP contribution in [-0.4, -0.2) is 20.7 Å². The summed E-state index contributed by atoms with van der Waals surface area (Å²) >= 11 is 0. The van der Waals surface area contributed by atoms with Crippen LogP contribution in [0.2, 0.25) is 0 Å². The molecule has 0 radical (unpaired) electrons. The van der Waals surface area contributed by atoms with E-state index in [1.807, 2.05) is 0 Å². The molecule has 8 heteroatoms. The highest BCUT2D eigenvalue weighted by atomic mass is 32.2. The highest BCUT2D eigenvalue weighted by molar-refractivity contribution is 7.89. The predicted octanol–water partition coefficient (Wildman–Crippen LogP) is 3.43. The fourth-order valence-electron chi connectivity index (χ4n) is 2.19. The van der Waals surface area contributed by atoms with Crippen LogP contribution in [0, 0.1) is 0 Å². The first-order valence-electron chi connectivity index (χ1n) is 7.36. The molecule has 0 spiro atoms. The van der Waals surface area contributed by atoms with E-state index in [1.54, 1.807) is 0 Å². The van der Waals surface area contributed by atoms with E-state index in [4.69, 9.17) is 0 Å². The number of carbonyl (C=O) groups excluding carboxylic acids is 1. The van der Waals surface area contributed by atoms with E-state index >= 15 is 0 Å². The van der Waals surface area contributed by atoms with Gasteiger partial charge in [-0.1, -0.05) is 30.3 Å². The minimum absolute atomic E-state index is 0.0125. The van der Waals surface area contributed by atoms with Gasteiger partial charge in [0.15, 0.2) is 5.78 Å². The van der Waals surface area contributed by atoms with E-state index in [-0.39, 0.29) is 23.6 Å². The standard InChI is InChI=1S/C17H16F3NO3S/c1-12(22)14-5-7-16(8-6-14)25(23,24)21-10-9-13-3-2-4-15(11-13)17(18,19)20/h2-8,11,21H,9-10H2,1H3. The van der Waals surface area contributed by atoms with Gasteiger partial charge in [-0.05, 0) is 37.1 Å². The fraction of sp³-hybridized carbons (Fsp3) is 0.235. The Kier molecular flexibility index (Phi) is 5.64. The Morgan fingerprint density at radius 3 is 2.28 bits per heavy atom. The molecule has 25 heavy (non-hydrogen) atoms. The van der Waals surface area contributed by atoms with Crippen molar-refractivity contribution in [1.82, 2.24) is 4.72 Å². The molecule has 0 unspecified atom stereocenters. The van der Waals surface area contributed by atoms with Gasteiger partial charge in [-0.2, -0.15) is 13.2 Å². The molecule has 2 aromatic carbocycles. The number of ketones is 1. The Morgan fingerprint density at radius 1 is 1.08 bits per heavy atom. The maximum Gasteiger partial charge on any atom is 0.416 e. The molecule has 0 aliphatic carbocycles. The third-order valence-corrected chi connectivity index (χ3v) is 5.01. The molecule has 0 fully saturated rings. The summed E-state index contributed by atoms with van der Waals surface area (Å²) in [4.78, 5) is 11.2. The highest BCUT2D eigenvalue weighted by Crippen LogP contribution is 2.29. The van der Waals surface area contributed by atoms with Gasteiger partial charge in [-0.25, -0.2) is 13.1 Å². The van der Waals surface area contributed by atoms with Gasteiger partial charge in [0.1, 0.15) is 0 Å². The van der Waals surface area contributed by atoms with E-state index in [0.717, 1.165) is 12.1 Å². The SMILES string of the molecule is CC(=O)c1ccc(S(=O)(=O)NCCc2cccc(C(F)(F)F)c2)cc1. The first-order chi connectivity index (χ1) is 11.6. The molecule has 0 aliphatic heterocycles. The summed E-state index contributed by atoms with van der Waals surface area (Å²) in [6.07, 6.45) is -4.32. The summed E-state index contributed by atoms with van der Waals surface area (Å²) < 4.78 is 64.6. The zero-order valence-corrected chi connectivity index (χ0v) is 14.1. The summed E-state index contributed by atoms with van der Waals surface area (Å²) in [6, 6.07) is 10.2. The number of alkyl halides is 3. The third-order valence-electron chi connectivity index (χ3n) is 3.53. The molecule has 0 amide bonds. The fourth-order valence-corrected chi connectivity index (χ4v) is 3.22. The zero-order chi connectivity index (χ0) is 18.7. The topological polar surface area (TPSA) is 63.2 Å². The molecule has 2 aromatic rings. The second-order valence-electron chi connectivity index (χ2n) is 5.43. The largest absolute Gasteiger partial charge is 0.416 e. The van der Waals surface area contributed by atoms with Gasteiger partial charge in [0.05, 0.1) is 10.5 Å². The number of benzene rings is 2. The van der Waals surface area contributed by atoms with Crippen LogP contribution in [0.3, 0.4) is 0 Å². The van der Waals surface area contributed by atoms with Crippen LogP contribution in [0.4, 0.5) is 13.2 Å². The molecule has 0 saturated carbocycles. The Balaban J connectivity index is 2.02. The van der Waals surface area contributed by atoms with Crippen LogP contribution in [0.5, 0.6) is 0 Å². The lowest BCUT2D eigenvalue weighted by Crippen LogP contribution is -2.26. The van der Waals surface area contributed by atoms with Gasteiger partial charge in [0.25, 0.3) is 0 Å². The number of halogens is 3. The van der Waals surface area contributed by atoms with E-state index in [2.05, 4.69) is 4.72 Å². The maximum atomic E-state index is 12.7. The molecule has 4 nitrogen and oxygen atoms in total. The monoisotopic (exact) mass is 371 g/mol. The van der Waals surface area contributed by atoms with Gasteiger partial charge >= 0.3 is 6.18 Å². The Labute approximate surface area is 143 Å². The van der Waals surface area contributed by atoms with Crippen molar-refractivity contribution in [3.63, 3.8) is 0 Å². The normalized spacial score (nSPS) is 12.2. The summed E-state index contributed by atoms with van der Waals surface area (Å²) in [5, 5.41) is 0. The first-order valence-corrected chi connectivity index (χ1v) is 8.85. The van der Waals surface area contributed by atoms with Crippen molar-refractivity contribution in [3.8, 4) is 0 Å². The molecule has 0 bridgehead atoms. The highest BCUT2D eigenvalue weighted by Gasteiger charge is 2.30. The van der Waals surface area contributed by atoms with Gasteiger partial charge in [-0.15, -0.1) is 0 Å². The molecule has 2 rings (SSSR count). The lowest BCUT2D eigenvalue weighted by Gasteiger charge is -2.10. The van der Waals surface area contributed by atoms with E-state index < -0.39 is 21.8 Å². The molecule has 0 atom stereocenters. The number of Topliss-reactive ketones (excluding diaryl/α,β-unsaturated/α-hetero) is 1. The average molecular weight is 371 g/mol. The number of rotatable bonds is 6. The van der Waals surface area contributed by atoms with Gasteiger partial charge in [0.2, 0.25) is 10.0 Å². The van der Waals surface area contributed by atoms with Crippen molar-refractivity contribution in [1.29, 1.82) is 0 Å². The molecule has 0 aliphatic rings. The number of nitrogens with one attached hydrogen (secondary N) is 1.